The van der Waals surface area contributed by atoms with E-state index in [0.29, 0.717) is 6.54 Å². The minimum absolute atomic E-state index is 0.107. The van der Waals surface area contributed by atoms with E-state index in [2.05, 4.69) is 5.32 Å². The first-order chi connectivity index (χ1) is 11.1. The van der Waals surface area contributed by atoms with Crippen molar-refractivity contribution >= 4 is 23.6 Å². The number of aryl methyl sites for hydroxylation is 1. The molecule has 0 fully saturated rings. The predicted molar refractivity (Wildman–Crippen MR) is 94.5 cm³/mol. The fourth-order valence-electron chi connectivity index (χ4n) is 2.13. The van der Waals surface area contributed by atoms with Gasteiger partial charge in [-0.05, 0) is 60.7 Å². The molecular weight excluding hydrogens is 310 g/mol. The van der Waals surface area contributed by atoms with Gasteiger partial charge in [-0.1, -0.05) is 35.9 Å². The molecule has 120 valence electrons. The van der Waals surface area contributed by atoms with Crippen molar-refractivity contribution in [3.8, 4) is 5.75 Å². The molecule has 0 saturated carbocycles. The number of hydrogen-bond donors (Lipinski definition) is 2. The van der Waals surface area contributed by atoms with Gasteiger partial charge in [-0.2, -0.15) is 0 Å². The van der Waals surface area contributed by atoms with E-state index in [4.69, 9.17) is 11.6 Å². The highest BCUT2D eigenvalue weighted by Gasteiger charge is 1.97. The molecule has 0 aliphatic carbocycles. The van der Waals surface area contributed by atoms with Crippen molar-refractivity contribution in [3.63, 3.8) is 0 Å². The third-order valence-corrected chi connectivity index (χ3v) is 3.68. The van der Waals surface area contributed by atoms with Gasteiger partial charge in [0.2, 0.25) is 5.91 Å². The first-order valence-electron chi connectivity index (χ1n) is 7.63. The Morgan fingerprint density at radius 2 is 1.74 bits per heavy atom. The molecule has 0 atom stereocenters. The normalized spacial score (nSPS) is 10.8. The Kier molecular flexibility index (Phi) is 6.70. The predicted octanol–water partition coefficient (Wildman–Crippen LogP) is 4.20. The van der Waals surface area contributed by atoms with Crippen molar-refractivity contribution in [3.05, 3.63) is 70.8 Å². The van der Waals surface area contributed by atoms with Crippen LogP contribution in [0, 0.1) is 0 Å². The lowest BCUT2D eigenvalue weighted by Crippen LogP contribution is -2.22. The summed E-state index contributed by atoms with van der Waals surface area (Å²) in [6.45, 7) is 0.659. The number of amides is 1. The highest BCUT2D eigenvalue weighted by molar-refractivity contribution is 6.30. The molecule has 0 aliphatic heterocycles. The minimum Gasteiger partial charge on any atom is -0.508 e. The van der Waals surface area contributed by atoms with E-state index in [9.17, 15) is 9.90 Å². The van der Waals surface area contributed by atoms with Crippen LogP contribution in [-0.2, 0) is 11.2 Å². The number of carbonyl (C=O) groups is 1. The molecule has 0 unspecified atom stereocenters. The zero-order chi connectivity index (χ0) is 16.5. The fourth-order valence-corrected chi connectivity index (χ4v) is 2.26. The smallest absolute Gasteiger partial charge is 0.243 e. The van der Waals surface area contributed by atoms with Crippen LogP contribution in [0.4, 0.5) is 0 Å². The Morgan fingerprint density at radius 1 is 1.04 bits per heavy atom. The van der Waals surface area contributed by atoms with E-state index in [1.165, 1.54) is 11.6 Å². The van der Waals surface area contributed by atoms with Gasteiger partial charge in [0.25, 0.3) is 0 Å². The first kappa shape index (κ1) is 17.1. The van der Waals surface area contributed by atoms with Crippen LogP contribution in [0.5, 0.6) is 5.75 Å². The average molecular weight is 330 g/mol. The summed E-state index contributed by atoms with van der Waals surface area (Å²) in [5.41, 5.74) is 2.13. The second kappa shape index (κ2) is 9.01. The molecular formula is C19H20ClNO2. The summed E-state index contributed by atoms with van der Waals surface area (Å²) < 4.78 is 0. The Bertz CT molecular complexity index is 648. The quantitative estimate of drug-likeness (QED) is 0.591. The molecule has 0 saturated heterocycles. The Balaban J connectivity index is 1.63. The number of rotatable bonds is 7. The molecule has 1 amide bonds. The molecule has 23 heavy (non-hydrogen) atoms. The van der Waals surface area contributed by atoms with Crippen LogP contribution in [0.15, 0.2) is 54.6 Å². The van der Waals surface area contributed by atoms with E-state index in [1.807, 2.05) is 24.3 Å². The number of halogens is 1. The van der Waals surface area contributed by atoms with Crippen molar-refractivity contribution in [1.82, 2.24) is 5.32 Å². The van der Waals surface area contributed by atoms with Gasteiger partial charge in [0.05, 0.1) is 0 Å². The van der Waals surface area contributed by atoms with Crippen LogP contribution in [-0.4, -0.2) is 17.6 Å². The van der Waals surface area contributed by atoms with Gasteiger partial charge in [0, 0.05) is 17.6 Å². The zero-order valence-corrected chi connectivity index (χ0v) is 13.6. The maximum absolute atomic E-state index is 11.7. The van der Waals surface area contributed by atoms with Crippen LogP contribution in [0.3, 0.4) is 0 Å². The van der Waals surface area contributed by atoms with Crippen molar-refractivity contribution in [2.45, 2.75) is 19.3 Å². The second-order valence-corrected chi connectivity index (χ2v) is 5.74. The van der Waals surface area contributed by atoms with Crippen LogP contribution in [0.1, 0.15) is 24.0 Å². The van der Waals surface area contributed by atoms with Crippen LogP contribution in [0.25, 0.3) is 6.08 Å². The fraction of sp³-hybridized carbons (Fsp3) is 0.211. The number of nitrogens with one attached hydrogen (secondary N) is 1. The van der Waals surface area contributed by atoms with E-state index in [-0.39, 0.29) is 11.7 Å². The third-order valence-electron chi connectivity index (χ3n) is 3.42. The summed E-state index contributed by atoms with van der Waals surface area (Å²) in [5, 5.41) is 12.8. The maximum Gasteiger partial charge on any atom is 0.243 e. The van der Waals surface area contributed by atoms with Gasteiger partial charge >= 0.3 is 0 Å². The Labute approximate surface area is 141 Å². The Morgan fingerprint density at radius 3 is 2.43 bits per heavy atom. The number of phenolic OH excluding ortho intramolecular Hbond substituents is 1. The van der Waals surface area contributed by atoms with Gasteiger partial charge in [-0.25, -0.2) is 0 Å². The standard InChI is InChI=1S/C19H20ClNO2/c20-17-9-4-15(5-10-17)3-1-2-14-21-19(23)13-8-16-6-11-18(22)12-7-16/h4-13,22H,1-3,14H2,(H,21,23). The molecule has 0 spiro atoms. The monoisotopic (exact) mass is 329 g/mol. The lowest BCUT2D eigenvalue weighted by molar-refractivity contribution is -0.116. The molecule has 2 aromatic carbocycles. The molecule has 2 N–H and O–H groups in total. The summed E-state index contributed by atoms with van der Waals surface area (Å²) in [6, 6.07) is 14.5. The SMILES string of the molecule is O=C(C=Cc1ccc(O)cc1)NCCCCc1ccc(Cl)cc1. The number of unbranched alkanes of at least 4 members (excludes halogenated alkanes) is 1. The van der Waals surface area contributed by atoms with E-state index in [1.54, 1.807) is 30.3 Å². The molecule has 3 nitrogen and oxygen atoms in total. The third kappa shape index (κ3) is 6.57. The number of aromatic hydroxyl groups is 1. The van der Waals surface area contributed by atoms with Crippen LogP contribution < -0.4 is 5.32 Å². The number of hydrogen-bond acceptors (Lipinski definition) is 2. The number of carbonyl (C=O) groups excluding carboxylic acids is 1. The summed E-state index contributed by atoms with van der Waals surface area (Å²) in [4.78, 5) is 11.7. The molecule has 0 aromatic heterocycles. The van der Waals surface area contributed by atoms with Gasteiger partial charge in [-0.3, -0.25) is 4.79 Å². The van der Waals surface area contributed by atoms with E-state index < -0.39 is 0 Å². The topological polar surface area (TPSA) is 49.3 Å². The molecule has 0 radical (unpaired) electrons. The van der Waals surface area contributed by atoms with Crippen LogP contribution in [0.2, 0.25) is 5.02 Å². The van der Waals surface area contributed by atoms with E-state index in [0.717, 1.165) is 29.8 Å². The summed E-state index contributed by atoms with van der Waals surface area (Å²) in [7, 11) is 0. The largest absolute Gasteiger partial charge is 0.508 e. The first-order valence-corrected chi connectivity index (χ1v) is 8.01. The van der Waals surface area contributed by atoms with Gasteiger partial charge in [0.1, 0.15) is 5.75 Å². The molecule has 4 heteroatoms. The molecule has 0 heterocycles. The molecule has 2 aromatic rings. The summed E-state index contributed by atoms with van der Waals surface area (Å²) in [5.74, 6) is 0.108. The highest BCUT2D eigenvalue weighted by Crippen LogP contribution is 2.12. The van der Waals surface area contributed by atoms with Gasteiger partial charge < -0.3 is 10.4 Å². The molecule has 2 rings (SSSR count). The second-order valence-electron chi connectivity index (χ2n) is 5.30. The average Bonchev–Trinajstić information content (AvgIpc) is 2.56. The molecule has 0 aliphatic rings. The lowest BCUT2D eigenvalue weighted by atomic mass is 10.1. The van der Waals surface area contributed by atoms with Crippen LogP contribution >= 0.6 is 11.6 Å². The summed E-state index contributed by atoms with van der Waals surface area (Å²) in [6.07, 6.45) is 6.16. The maximum atomic E-state index is 11.7. The molecule has 0 bridgehead atoms. The van der Waals surface area contributed by atoms with Gasteiger partial charge in [-0.15, -0.1) is 0 Å². The van der Waals surface area contributed by atoms with Crippen molar-refractivity contribution in [1.29, 1.82) is 0 Å². The van der Waals surface area contributed by atoms with E-state index >= 15 is 0 Å². The van der Waals surface area contributed by atoms with Crippen molar-refractivity contribution < 1.29 is 9.90 Å². The van der Waals surface area contributed by atoms with Gasteiger partial charge in [0.15, 0.2) is 0 Å². The van der Waals surface area contributed by atoms with Crippen molar-refractivity contribution in [2.24, 2.45) is 0 Å². The van der Waals surface area contributed by atoms with Crippen molar-refractivity contribution in [2.75, 3.05) is 6.54 Å². The minimum atomic E-state index is -0.107. The lowest BCUT2D eigenvalue weighted by Gasteiger charge is -2.03. The Hall–Kier alpha value is -2.26. The zero-order valence-electron chi connectivity index (χ0n) is 12.8. The number of benzene rings is 2. The number of phenols is 1. The highest BCUT2D eigenvalue weighted by atomic mass is 35.5. The summed E-state index contributed by atoms with van der Waals surface area (Å²) >= 11 is 5.85.